The summed E-state index contributed by atoms with van der Waals surface area (Å²) < 4.78 is 0.981. The molecule has 1 aromatic heterocycles. The van der Waals surface area contributed by atoms with E-state index >= 15 is 0 Å². The van der Waals surface area contributed by atoms with E-state index in [0.29, 0.717) is 0 Å². The number of thioether (sulfide) groups is 1. The SMILES string of the molecule is CCN(CC)CCSc1ncncc1Br. The van der Waals surface area contributed by atoms with Gasteiger partial charge in [0.05, 0.1) is 4.47 Å². The summed E-state index contributed by atoms with van der Waals surface area (Å²) in [6.45, 7) is 7.71. The van der Waals surface area contributed by atoms with Crippen LogP contribution in [0.25, 0.3) is 0 Å². The molecule has 1 aromatic rings. The zero-order valence-corrected chi connectivity index (χ0v) is 11.5. The minimum atomic E-state index is 0.981. The van der Waals surface area contributed by atoms with Gasteiger partial charge in [-0.15, -0.1) is 11.8 Å². The lowest BCUT2D eigenvalue weighted by Crippen LogP contribution is -2.25. The monoisotopic (exact) mass is 289 g/mol. The third-order valence-corrected chi connectivity index (χ3v) is 4.00. The number of nitrogens with zero attached hydrogens (tertiary/aromatic N) is 3. The molecule has 0 amide bonds. The smallest absolute Gasteiger partial charge is 0.116 e. The molecule has 3 nitrogen and oxygen atoms in total. The van der Waals surface area contributed by atoms with Crippen molar-refractivity contribution in [2.45, 2.75) is 18.9 Å². The molecule has 0 saturated carbocycles. The van der Waals surface area contributed by atoms with Gasteiger partial charge in [0.15, 0.2) is 0 Å². The molecular formula is C10H16BrN3S. The molecule has 0 atom stereocenters. The van der Waals surface area contributed by atoms with E-state index < -0.39 is 0 Å². The van der Waals surface area contributed by atoms with Gasteiger partial charge in [-0.25, -0.2) is 9.97 Å². The Morgan fingerprint density at radius 3 is 2.73 bits per heavy atom. The fourth-order valence-corrected chi connectivity index (χ4v) is 2.64. The molecule has 0 spiro atoms. The Hall–Kier alpha value is -0.130. The average Bonchev–Trinajstić information content (AvgIpc) is 2.27. The standard InChI is InChI=1S/C10H16BrN3S/c1-3-14(4-2)5-6-15-10-9(11)7-12-8-13-10/h7-8H,3-6H2,1-2H3. The Labute approximate surface area is 104 Å². The molecule has 84 valence electrons. The number of hydrogen-bond acceptors (Lipinski definition) is 4. The van der Waals surface area contributed by atoms with Crippen LogP contribution in [0.1, 0.15) is 13.8 Å². The lowest BCUT2D eigenvalue weighted by molar-refractivity contribution is 0.324. The Bertz CT molecular complexity index is 292. The van der Waals surface area contributed by atoms with Gasteiger partial charge in [0.2, 0.25) is 0 Å². The van der Waals surface area contributed by atoms with Crippen molar-refractivity contribution in [3.8, 4) is 0 Å². The van der Waals surface area contributed by atoms with Crippen LogP contribution in [0.4, 0.5) is 0 Å². The average molecular weight is 290 g/mol. The first-order valence-corrected chi connectivity index (χ1v) is 6.86. The Balaban J connectivity index is 2.34. The highest BCUT2D eigenvalue weighted by molar-refractivity contribution is 9.10. The quantitative estimate of drug-likeness (QED) is 0.595. The molecule has 0 aliphatic rings. The fourth-order valence-electron chi connectivity index (χ4n) is 1.22. The summed E-state index contributed by atoms with van der Waals surface area (Å²) in [5.74, 6) is 1.07. The van der Waals surface area contributed by atoms with Gasteiger partial charge in [0.1, 0.15) is 11.4 Å². The van der Waals surface area contributed by atoms with Crippen LogP contribution >= 0.6 is 27.7 Å². The topological polar surface area (TPSA) is 29.0 Å². The zero-order valence-electron chi connectivity index (χ0n) is 9.11. The maximum absolute atomic E-state index is 4.21. The van der Waals surface area contributed by atoms with Crippen molar-refractivity contribution in [1.82, 2.24) is 14.9 Å². The van der Waals surface area contributed by atoms with Crippen LogP contribution in [0.2, 0.25) is 0 Å². The third kappa shape index (κ3) is 4.49. The van der Waals surface area contributed by atoms with E-state index in [-0.39, 0.29) is 0 Å². The second kappa shape index (κ2) is 7.19. The number of halogens is 1. The van der Waals surface area contributed by atoms with Gasteiger partial charge >= 0.3 is 0 Å². The summed E-state index contributed by atoms with van der Waals surface area (Å²) in [5, 5.41) is 1.03. The van der Waals surface area contributed by atoms with Crippen LogP contribution in [0.3, 0.4) is 0 Å². The lowest BCUT2D eigenvalue weighted by atomic mass is 10.5. The van der Waals surface area contributed by atoms with Crippen LogP contribution in [0.15, 0.2) is 22.0 Å². The van der Waals surface area contributed by atoms with Gasteiger partial charge in [-0.05, 0) is 29.0 Å². The fraction of sp³-hybridized carbons (Fsp3) is 0.600. The van der Waals surface area contributed by atoms with E-state index in [1.807, 2.05) is 0 Å². The van der Waals surface area contributed by atoms with Gasteiger partial charge in [0.25, 0.3) is 0 Å². The molecule has 0 aromatic carbocycles. The van der Waals surface area contributed by atoms with Crippen LogP contribution < -0.4 is 0 Å². The molecule has 0 saturated heterocycles. The van der Waals surface area contributed by atoms with E-state index in [9.17, 15) is 0 Å². The molecular weight excluding hydrogens is 274 g/mol. The lowest BCUT2D eigenvalue weighted by Gasteiger charge is -2.17. The molecule has 0 N–H and O–H groups in total. The molecule has 5 heteroatoms. The second-order valence-electron chi connectivity index (χ2n) is 3.05. The molecule has 0 radical (unpaired) electrons. The Morgan fingerprint density at radius 1 is 1.40 bits per heavy atom. The molecule has 0 unspecified atom stereocenters. The predicted octanol–water partition coefficient (Wildman–Crippen LogP) is 2.67. The minimum absolute atomic E-state index is 0.981. The van der Waals surface area contributed by atoms with Gasteiger partial charge in [-0.2, -0.15) is 0 Å². The van der Waals surface area contributed by atoms with Crippen molar-refractivity contribution >= 4 is 27.7 Å². The van der Waals surface area contributed by atoms with Gasteiger partial charge < -0.3 is 4.90 Å². The van der Waals surface area contributed by atoms with E-state index in [0.717, 1.165) is 34.9 Å². The van der Waals surface area contributed by atoms with Crippen molar-refractivity contribution in [1.29, 1.82) is 0 Å². The molecule has 15 heavy (non-hydrogen) atoms. The van der Waals surface area contributed by atoms with Crippen molar-refractivity contribution in [3.63, 3.8) is 0 Å². The highest BCUT2D eigenvalue weighted by Crippen LogP contribution is 2.23. The number of rotatable bonds is 6. The van der Waals surface area contributed by atoms with E-state index in [1.165, 1.54) is 0 Å². The van der Waals surface area contributed by atoms with E-state index in [1.54, 1.807) is 24.3 Å². The predicted molar refractivity (Wildman–Crippen MR) is 68.2 cm³/mol. The first-order valence-electron chi connectivity index (χ1n) is 5.08. The Kier molecular flexibility index (Phi) is 6.20. The van der Waals surface area contributed by atoms with Crippen molar-refractivity contribution in [2.75, 3.05) is 25.4 Å². The Morgan fingerprint density at radius 2 is 2.13 bits per heavy atom. The highest BCUT2D eigenvalue weighted by Gasteiger charge is 2.03. The summed E-state index contributed by atoms with van der Waals surface area (Å²) in [6, 6.07) is 0. The summed E-state index contributed by atoms with van der Waals surface area (Å²) in [6.07, 6.45) is 3.37. The van der Waals surface area contributed by atoms with Gasteiger partial charge in [-0.1, -0.05) is 13.8 Å². The largest absolute Gasteiger partial charge is 0.303 e. The second-order valence-corrected chi connectivity index (χ2v) is 4.99. The maximum atomic E-state index is 4.21. The molecule has 0 aliphatic heterocycles. The van der Waals surface area contributed by atoms with E-state index in [4.69, 9.17) is 0 Å². The van der Waals surface area contributed by atoms with Gasteiger partial charge in [-0.3, -0.25) is 0 Å². The first kappa shape index (κ1) is 12.9. The highest BCUT2D eigenvalue weighted by atomic mass is 79.9. The molecule has 0 bridgehead atoms. The van der Waals surface area contributed by atoms with Crippen LogP contribution in [0.5, 0.6) is 0 Å². The zero-order chi connectivity index (χ0) is 11.1. The molecule has 1 heterocycles. The summed E-state index contributed by atoms with van der Waals surface area (Å²) in [5.41, 5.74) is 0. The van der Waals surface area contributed by atoms with Crippen LogP contribution in [-0.2, 0) is 0 Å². The maximum Gasteiger partial charge on any atom is 0.116 e. The summed E-state index contributed by atoms with van der Waals surface area (Å²) in [7, 11) is 0. The van der Waals surface area contributed by atoms with Crippen LogP contribution in [0, 0.1) is 0 Å². The van der Waals surface area contributed by atoms with Gasteiger partial charge in [0, 0.05) is 18.5 Å². The molecule has 1 rings (SSSR count). The van der Waals surface area contributed by atoms with Crippen molar-refractivity contribution < 1.29 is 0 Å². The normalized spacial score (nSPS) is 10.9. The number of aromatic nitrogens is 2. The van der Waals surface area contributed by atoms with Crippen LogP contribution in [-0.4, -0.2) is 40.3 Å². The number of hydrogen-bond donors (Lipinski definition) is 0. The first-order chi connectivity index (χ1) is 7.27. The molecule has 0 aliphatic carbocycles. The third-order valence-electron chi connectivity index (χ3n) is 2.17. The van der Waals surface area contributed by atoms with Crippen molar-refractivity contribution in [2.24, 2.45) is 0 Å². The van der Waals surface area contributed by atoms with Crippen molar-refractivity contribution in [3.05, 3.63) is 17.0 Å². The minimum Gasteiger partial charge on any atom is -0.303 e. The summed E-state index contributed by atoms with van der Waals surface area (Å²) in [4.78, 5) is 10.6. The molecule has 0 fully saturated rings. The summed E-state index contributed by atoms with van der Waals surface area (Å²) >= 11 is 5.20. The van der Waals surface area contributed by atoms with E-state index in [2.05, 4.69) is 44.6 Å².